The van der Waals surface area contributed by atoms with Crippen LogP contribution in [-0.2, 0) is 19.1 Å². The highest BCUT2D eigenvalue weighted by atomic mass is 16.6. The summed E-state index contributed by atoms with van der Waals surface area (Å²) in [7, 11) is 0. The lowest BCUT2D eigenvalue weighted by molar-refractivity contribution is -0.384. The van der Waals surface area contributed by atoms with Gasteiger partial charge in [-0.25, -0.2) is 4.79 Å². The third kappa shape index (κ3) is 2.88. The number of ketones is 1. The first-order valence-electron chi connectivity index (χ1n) is 8.18. The minimum absolute atomic E-state index is 0.0305. The largest absolute Gasteiger partial charge is 0.463 e. The molecule has 1 N–H and O–H groups in total. The summed E-state index contributed by atoms with van der Waals surface area (Å²) in [5.41, 5.74) is -1.99. The summed E-state index contributed by atoms with van der Waals surface area (Å²) < 4.78 is 10.6. The summed E-state index contributed by atoms with van der Waals surface area (Å²) in [4.78, 5) is 35.0. The molecule has 8 nitrogen and oxygen atoms in total. The Morgan fingerprint density at radius 3 is 2.69 bits per heavy atom. The van der Waals surface area contributed by atoms with Crippen molar-refractivity contribution in [1.82, 2.24) is 0 Å². The number of ether oxygens (including phenoxy) is 2. The van der Waals surface area contributed by atoms with Crippen LogP contribution in [0.15, 0.2) is 41.4 Å². The highest BCUT2D eigenvalue weighted by Gasteiger charge is 2.56. The van der Waals surface area contributed by atoms with Gasteiger partial charge in [-0.15, -0.1) is 0 Å². The summed E-state index contributed by atoms with van der Waals surface area (Å²) in [6.45, 7) is 1.62. The van der Waals surface area contributed by atoms with E-state index in [1.165, 1.54) is 30.3 Å². The molecule has 0 bridgehead atoms. The van der Waals surface area contributed by atoms with Gasteiger partial charge in [0.1, 0.15) is 5.76 Å². The second-order valence-corrected chi connectivity index (χ2v) is 5.97. The van der Waals surface area contributed by atoms with Crippen LogP contribution in [0.1, 0.15) is 31.7 Å². The Labute approximate surface area is 148 Å². The van der Waals surface area contributed by atoms with Gasteiger partial charge in [0.05, 0.1) is 17.1 Å². The summed E-state index contributed by atoms with van der Waals surface area (Å²) in [5.74, 6) is -1.20. The van der Waals surface area contributed by atoms with Crippen LogP contribution in [-0.4, -0.2) is 34.0 Å². The number of nitro groups is 1. The van der Waals surface area contributed by atoms with Gasteiger partial charge in [0, 0.05) is 25.0 Å². The van der Waals surface area contributed by atoms with Gasteiger partial charge in [-0.2, -0.15) is 0 Å². The molecule has 2 aliphatic rings. The predicted octanol–water partition coefficient (Wildman–Crippen LogP) is 2.27. The van der Waals surface area contributed by atoms with Crippen LogP contribution in [0, 0.1) is 10.1 Å². The zero-order chi connectivity index (χ0) is 18.9. The number of Topliss-reactive ketones (excluding diaryl/α,β-unsaturated/α-hetero) is 1. The van der Waals surface area contributed by atoms with E-state index in [0.29, 0.717) is 18.4 Å². The number of nitro benzene ring substituents is 1. The molecule has 0 saturated carbocycles. The normalized spacial score (nSPS) is 23.6. The predicted molar refractivity (Wildman–Crippen MR) is 89.6 cm³/mol. The van der Waals surface area contributed by atoms with Crippen molar-refractivity contribution in [3.05, 3.63) is 57.0 Å². The monoisotopic (exact) mass is 359 g/mol. The number of non-ortho nitro benzene ring substituents is 1. The number of esters is 1. The van der Waals surface area contributed by atoms with E-state index in [9.17, 15) is 24.8 Å². The second kappa shape index (κ2) is 6.72. The smallest absolute Gasteiger partial charge is 0.351 e. The molecular weight excluding hydrogens is 342 g/mol. The molecular formula is C18H17NO7. The third-order valence-corrected chi connectivity index (χ3v) is 4.29. The Kier molecular flexibility index (Phi) is 4.60. The van der Waals surface area contributed by atoms with Crippen molar-refractivity contribution in [2.45, 2.75) is 31.8 Å². The number of allylic oxidation sites excluding steroid dienone is 1. The standard InChI is InChI=1S/C18H17NO7/c1-2-25-17(21)18(22)15(26-14-5-3-4-13(20)16(14)18)10-11-6-8-12(9-7-11)19(23)24/h6-10,22H,2-5H2,1H3/b15-10-/t18-/m0/s1. The number of carbonyl (C=O) groups is 2. The molecule has 1 aliphatic carbocycles. The van der Waals surface area contributed by atoms with Crippen molar-refractivity contribution in [3.63, 3.8) is 0 Å². The molecule has 0 spiro atoms. The Balaban J connectivity index is 2.04. The first-order chi connectivity index (χ1) is 12.4. The zero-order valence-corrected chi connectivity index (χ0v) is 14.1. The highest BCUT2D eigenvalue weighted by molar-refractivity contribution is 6.08. The fourth-order valence-electron chi connectivity index (χ4n) is 3.07. The molecule has 0 fully saturated rings. The quantitative estimate of drug-likeness (QED) is 0.498. The average Bonchev–Trinajstić information content (AvgIpc) is 2.90. The van der Waals surface area contributed by atoms with Crippen LogP contribution in [0.2, 0.25) is 0 Å². The topological polar surface area (TPSA) is 116 Å². The van der Waals surface area contributed by atoms with E-state index in [0.717, 1.165) is 0 Å². The van der Waals surface area contributed by atoms with Gasteiger partial charge in [-0.3, -0.25) is 14.9 Å². The van der Waals surface area contributed by atoms with Crippen molar-refractivity contribution in [3.8, 4) is 0 Å². The highest BCUT2D eigenvalue weighted by Crippen LogP contribution is 2.45. The number of aliphatic hydroxyl groups is 1. The number of hydrogen-bond acceptors (Lipinski definition) is 7. The lowest BCUT2D eigenvalue weighted by Gasteiger charge is -2.23. The van der Waals surface area contributed by atoms with Crippen molar-refractivity contribution < 1.29 is 29.1 Å². The molecule has 26 heavy (non-hydrogen) atoms. The minimum Gasteiger partial charge on any atom is -0.463 e. The van der Waals surface area contributed by atoms with Gasteiger partial charge >= 0.3 is 5.97 Å². The Hall–Kier alpha value is -3.00. The van der Waals surface area contributed by atoms with Crippen LogP contribution in [0.3, 0.4) is 0 Å². The molecule has 1 atom stereocenters. The van der Waals surface area contributed by atoms with Gasteiger partial charge in [-0.05, 0) is 37.1 Å². The van der Waals surface area contributed by atoms with Gasteiger partial charge in [-0.1, -0.05) is 0 Å². The number of carbonyl (C=O) groups excluding carboxylic acids is 2. The minimum atomic E-state index is -2.30. The van der Waals surface area contributed by atoms with E-state index < -0.39 is 16.5 Å². The lowest BCUT2D eigenvalue weighted by atomic mass is 9.84. The Morgan fingerprint density at radius 2 is 2.08 bits per heavy atom. The van der Waals surface area contributed by atoms with Gasteiger partial charge in [0.25, 0.3) is 11.3 Å². The lowest BCUT2D eigenvalue weighted by Crippen LogP contribution is -2.44. The number of rotatable bonds is 4. The molecule has 1 aromatic rings. The maximum absolute atomic E-state index is 12.4. The van der Waals surface area contributed by atoms with Crippen molar-refractivity contribution in [2.75, 3.05) is 6.61 Å². The molecule has 0 radical (unpaired) electrons. The fourth-order valence-corrected chi connectivity index (χ4v) is 3.07. The zero-order valence-electron chi connectivity index (χ0n) is 14.1. The van der Waals surface area contributed by atoms with Crippen molar-refractivity contribution in [2.24, 2.45) is 0 Å². The first-order valence-corrected chi connectivity index (χ1v) is 8.18. The van der Waals surface area contributed by atoms with Crippen molar-refractivity contribution >= 4 is 23.5 Å². The van der Waals surface area contributed by atoms with Crippen molar-refractivity contribution in [1.29, 1.82) is 0 Å². The number of nitrogens with zero attached hydrogens (tertiary/aromatic N) is 1. The first kappa shape index (κ1) is 17.8. The summed E-state index contributed by atoms with van der Waals surface area (Å²) in [5, 5.41) is 21.8. The maximum Gasteiger partial charge on any atom is 0.351 e. The SMILES string of the molecule is CCOC(=O)[C@@]1(O)C2=C(CCCC2=O)O/C1=C\c1ccc([N+](=O)[O-])cc1. The Morgan fingerprint density at radius 1 is 1.38 bits per heavy atom. The van der Waals surface area contributed by atoms with Crippen LogP contribution in [0.25, 0.3) is 6.08 Å². The van der Waals surface area contributed by atoms with Crippen LogP contribution in [0.5, 0.6) is 0 Å². The van der Waals surface area contributed by atoms with Gasteiger partial charge in [0.2, 0.25) is 0 Å². The summed E-state index contributed by atoms with van der Waals surface area (Å²) in [6, 6.07) is 5.50. The number of hydrogen-bond donors (Lipinski definition) is 1. The molecule has 136 valence electrons. The van der Waals surface area contributed by atoms with E-state index in [4.69, 9.17) is 9.47 Å². The molecule has 1 aromatic carbocycles. The van der Waals surface area contributed by atoms with E-state index in [2.05, 4.69) is 0 Å². The number of benzene rings is 1. The van der Waals surface area contributed by atoms with E-state index in [1.54, 1.807) is 6.92 Å². The van der Waals surface area contributed by atoms with Crippen LogP contribution >= 0.6 is 0 Å². The molecule has 0 aromatic heterocycles. The summed E-state index contributed by atoms with van der Waals surface area (Å²) in [6.07, 6.45) is 2.60. The molecule has 0 saturated heterocycles. The molecule has 0 unspecified atom stereocenters. The van der Waals surface area contributed by atoms with Gasteiger partial charge < -0.3 is 14.6 Å². The molecule has 3 rings (SSSR count). The molecule has 1 heterocycles. The van der Waals surface area contributed by atoms with E-state index in [1.807, 2.05) is 0 Å². The van der Waals surface area contributed by atoms with E-state index >= 15 is 0 Å². The third-order valence-electron chi connectivity index (χ3n) is 4.29. The molecule has 8 heteroatoms. The van der Waals surface area contributed by atoms with Crippen LogP contribution in [0.4, 0.5) is 5.69 Å². The fraction of sp³-hybridized carbons (Fsp3) is 0.333. The van der Waals surface area contributed by atoms with Gasteiger partial charge in [0.15, 0.2) is 11.5 Å². The van der Waals surface area contributed by atoms with E-state index in [-0.39, 0.29) is 41.6 Å². The molecule has 0 amide bonds. The van der Waals surface area contributed by atoms with Crippen LogP contribution < -0.4 is 0 Å². The summed E-state index contributed by atoms with van der Waals surface area (Å²) >= 11 is 0. The maximum atomic E-state index is 12.4. The molecule has 1 aliphatic heterocycles. The Bertz CT molecular complexity index is 838. The second-order valence-electron chi connectivity index (χ2n) is 5.97. The average molecular weight is 359 g/mol.